The Morgan fingerprint density at radius 2 is 2.07 bits per heavy atom. The summed E-state index contributed by atoms with van der Waals surface area (Å²) in [6, 6.07) is 0.340. The van der Waals surface area contributed by atoms with E-state index in [0.717, 1.165) is 6.42 Å². The van der Waals surface area contributed by atoms with Crippen molar-refractivity contribution in [3.8, 4) is 0 Å². The molecule has 0 saturated heterocycles. The highest BCUT2D eigenvalue weighted by Gasteiger charge is 2.37. The number of hydrogen-bond donors (Lipinski definition) is 1. The van der Waals surface area contributed by atoms with Crippen molar-refractivity contribution in [1.82, 2.24) is 5.32 Å². The Hall–Kier alpha value is -0.0500. The second kappa shape index (κ2) is 3.84. The zero-order valence-electron chi connectivity index (χ0n) is 9.48. The van der Waals surface area contributed by atoms with E-state index < -0.39 is 4.32 Å². The topological polar surface area (TPSA) is 29.1 Å². The van der Waals surface area contributed by atoms with E-state index in [1.807, 2.05) is 13.8 Å². The molecule has 1 atom stereocenters. The van der Waals surface area contributed by atoms with Gasteiger partial charge in [0.25, 0.3) is 0 Å². The van der Waals surface area contributed by atoms with Crippen molar-refractivity contribution in [2.75, 3.05) is 0 Å². The Morgan fingerprint density at radius 3 is 2.43 bits per heavy atom. The molecule has 0 aliphatic heterocycles. The summed E-state index contributed by atoms with van der Waals surface area (Å²) in [6.45, 7) is 8.22. The van der Waals surface area contributed by atoms with Gasteiger partial charge < -0.3 is 5.32 Å². The van der Waals surface area contributed by atoms with Crippen molar-refractivity contribution >= 4 is 21.8 Å². The second-order valence-corrected chi connectivity index (χ2v) is 7.36. The normalized spacial score (nSPS) is 26.2. The van der Waals surface area contributed by atoms with Crippen LogP contribution in [0.15, 0.2) is 0 Å². The van der Waals surface area contributed by atoms with Gasteiger partial charge in [0.05, 0.1) is 4.32 Å². The summed E-state index contributed by atoms with van der Waals surface area (Å²) in [6.07, 6.45) is 3.54. The number of rotatable bonds is 2. The molecule has 0 aromatic rings. The molecule has 3 heteroatoms. The van der Waals surface area contributed by atoms with Crippen molar-refractivity contribution in [2.24, 2.45) is 5.41 Å². The van der Waals surface area contributed by atoms with Gasteiger partial charge in [0.2, 0.25) is 5.91 Å². The predicted octanol–water partition coefficient (Wildman–Crippen LogP) is 2.85. The average molecular weight is 262 g/mol. The Morgan fingerprint density at radius 1 is 1.50 bits per heavy atom. The smallest absolute Gasteiger partial charge is 0.236 e. The second-order valence-electron chi connectivity index (χ2n) is 5.38. The molecular formula is C11H20BrNO. The van der Waals surface area contributed by atoms with Crippen molar-refractivity contribution in [3.63, 3.8) is 0 Å². The average Bonchev–Trinajstić information content (AvgIpc) is 2.29. The number of nitrogens with one attached hydrogen (secondary N) is 1. The predicted molar refractivity (Wildman–Crippen MR) is 62.6 cm³/mol. The lowest BCUT2D eigenvalue weighted by atomic mass is 9.87. The molecule has 14 heavy (non-hydrogen) atoms. The molecule has 1 aliphatic carbocycles. The first kappa shape index (κ1) is 12.0. The zero-order valence-corrected chi connectivity index (χ0v) is 11.1. The van der Waals surface area contributed by atoms with E-state index in [4.69, 9.17) is 0 Å². The van der Waals surface area contributed by atoms with Crippen molar-refractivity contribution in [2.45, 2.75) is 57.3 Å². The molecule has 1 aliphatic rings. The molecule has 1 rings (SSSR count). The zero-order chi connectivity index (χ0) is 11.0. The van der Waals surface area contributed by atoms with Gasteiger partial charge >= 0.3 is 0 Å². The summed E-state index contributed by atoms with van der Waals surface area (Å²) in [5.41, 5.74) is 0.258. The Kier molecular flexibility index (Phi) is 3.30. The van der Waals surface area contributed by atoms with Crippen LogP contribution in [0.25, 0.3) is 0 Å². The van der Waals surface area contributed by atoms with Crippen LogP contribution in [0.5, 0.6) is 0 Å². The molecule has 1 saturated carbocycles. The summed E-state index contributed by atoms with van der Waals surface area (Å²) < 4.78 is -0.453. The molecule has 1 amide bonds. The van der Waals surface area contributed by atoms with Crippen LogP contribution in [0.4, 0.5) is 0 Å². The molecule has 1 fully saturated rings. The lowest BCUT2D eigenvalue weighted by molar-refractivity contribution is -0.123. The monoisotopic (exact) mass is 261 g/mol. The van der Waals surface area contributed by atoms with Gasteiger partial charge in [-0.05, 0) is 32.1 Å². The summed E-state index contributed by atoms with van der Waals surface area (Å²) in [5.74, 6) is 0.0949. The Balaban J connectivity index is 2.57. The first-order chi connectivity index (χ1) is 6.23. The van der Waals surface area contributed by atoms with Crippen LogP contribution in [0.1, 0.15) is 47.0 Å². The summed E-state index contributed by atoms with van der Waals surface area (Å²) in [4.78, 5) is 11.8. The van der Waals surface area contributed by atoms with E-state index in [1.165, 1.54) is 12.8 Å². The third-order valence-corrected chi connectivity index (χ3v) is 3.46. The van der Waals surface area contributed by atoms with E-state index in [1.54, 1.807) is 0 Å². The molecule has 0 spiro atoms. The van der Waals surface area contributed by atoms with Crippen LogP contribution in [0.2, 0.25) is 0 Å². The molecule has 0 bridgehead atoms. The Bertz CT molecular complexity index is 230. The van der Waals surface area contributed by atoms with E-state index in [0.29, 0.717) is 6.04 Å². The highest BCUT2D eigenvalue weighted by molar-refractivity contribution is 9.10. The van der Waals surface area contributed by atoms with Gasteiger partial charge in [-0.15, -0.1) is 0 Å². The molecule has 1 unspecified atom stereocenters. The minimum absolute atomic E-state index is 0.0949. The van der Waals surface area contributed by atoms with E-state index in [9.17, 15) is 4.79 Å². The van der Waals surface area contributed by atoms with Crippen LogP contribution in [-0.2, 0) is 4.79 Å². The van der Waals surface area contributed by atoms with Gasteiger partial charge in [-0.2, -0.15) is 0 Å². The minimum Gasteiger partial charge on any atom is -0.352 e. The molecule has 0 heterocycles. The molecule has 0 aromatic heterocycles. The van der Waals surface area contributed by atoms with Gasteiger partial charge in [-0.25, -0.2) is 0 Å². The third-order valence-electron chi connectivity index (χ3n) is 3.10. The Labute approximate surface area is 95.0 Å². The maximum atomic E-state index is 11.8. The lowest BCUT2D eigenvalue weighted by Crippen LogP contribution is -2.47. The lowest BCUT2D eigenvalue weighted by Gasteiger charge is -2.30. The molecule has 1 N–H and O–H groups in total. The summed E-state index contributed by atoms with van der Waals surface area (Å²) >= 11 is 3.38. The fraction of sp³-hybridized carbons (Fsp3) is 0.909. The molecule has 0 aromatic carbocycles. The minimum atomic E-state index is -0.453. The molecule has 2 nitrogen and oxygen atoms in total. The maximum absolute atomic E-state index is 11.8. The number of amides is 1. The standard InChI is InChI=1S/C11H20BrNO/c1-10(2)7-5-6-8(10)13-9(14)11(3,4)12/h8H,5-7H2,1-4H3,(H,13,14). The number of carbonyl (C=O) groups excluding carboxylic acids is 1. The molecule has 82 valence electrons. The molecular weight excluding hydrogens is 242 g/mol. The van der Waals surface area contributed by atoms with Crippen LogP contribution < -0.4 is 5.32 Å². The maximum Gasteiger partial charge on any atom is 0.236 e. The van der Waals surface area contributed by atoms with Gasteiger partial charge in [0, 0.05) is 6.04 Å². The van der Waals surface area contributed by atoms with Crippen molar-refractivity contribution in [3.05, 3.63) is 0 Å². The number of carbonyl (C=O) groups is 1. The fourth-order valence-electron chi connectivity index (χ4n) is 1.92. The van der Waals surface area contributed by atoms with Crippen LogP contribution in [0.3, 0.4) is 0 Å². The van der Waals surface area contributed by atoms with Crippen molar-refractivity contribution in [1.29, 1.82) is 0 Å². The highest BCUT2D eigenvalue weighted by atomic mass is 79.9. The van der Waals surface area contributed by atoms with Gasteiger partial charge in [-0.1, -0.05) is 36.2 Å². The van der Waals surface area contributed by atoms with E-state index in [-0.39, 0.29) is 11.3 Å². The van der Waals surface area contributed by atoms with Crippen LogP contribution in [-0.4, -0.2) is 16.3 Å². The number of alkyl halides is 1. The fourth-order valence-corrected chi connectivity index (χ4v) is 2.04. The van der Waals surface area contributed by atoms with Crippen LogP contribution in [0, 0.1) is 5.41 Å². The third kappa shape index (κ3) is 2.72. The van der Waals surface area contributed by atoms with E-state index >= 15 is 0 Å². The first-order valence-electron chi connectivity index (χ1n) is 5.23. The highest BCUT2D eigenvalue weighted by Crippen LogP contribution is 2.37. The quantitative estimate of drug-likeness (QED) is 0.762. The summed E-state index contributed by atoms with van der Waals surface area (Å²) in [5, 5.41) is 3.12. The summed E-state index contributed by atoms with van der Waals surface area (Å²) in [7, 11) is 0. The number of halogens is 1. The van der Waals surface area contributed by atoms with Gasteiger partial charge in [-0.3, -0.25) is 4.79 Å². The largest absolute Gasteiger partial charge is 0.352 e. The van der Waals surface area contributed by atoms with Crippen LogP contribution >= 0.6 is 15.9 Å². The van der Waals surface area contributed by atoms with E-state index in [2.05, 4.69) is 35.1 Å². The van der Waals surface area contributed by atoms with Gasteiger partial charge in [0.1, 0.15) is 0 Å². The first-order valence-corrected chi connectivity index (χ1v) is 6.03. The SMILES string of the molecule is CC(C)(Br)C(=O)NC1CCCC1(C)C. The van der Waals surface area contributed by atoms with Crippen molar-refractivity contribution < 1.29 is 4.79 Å². The van der Waals surface area contributed by atoms with Gasteiger partial charge in [0.15, 0.2) is 0 Å². The number of hydrogen-bond acceptors (Lipinski definition) is 1. The molecule has 0 radical (unpaired) electrons.